The fraction of sp³-hybridized carbons (Fsp3) is 0.294. The first-order valence-electron chi connectivity index (χ1n) is 8.30. The maximum absolute atomic E-state index is 13.8. The van der Waals surface area contributed by atoms with Crippen LogP contribution in [0.1, 0.15) is 5.56 Å². The minimum Gasteiger partial charge on any atom is -0.329 e. The van der Waals surface area contributed by atoms with Crippen LogP contribution in [0.2, 0.25) is 0 Å². The molecule has 0 aromatic heterocycles. The van der Waals surface area contributed by atoms with Gasteiger partial charge in [0, 0.05) is 11.6 Å². The van der Waals surface area contributed by atoms with Crippen LogP contribution in [0.25, 0.3) is 0 Å². The van der Waals surface area contributed by atoms with E-state index in [2.05, 4.69) is 0 Å². The number of halogens is 2. The molecule has 0 bridgehead atoms. The van der Waals surface area contributed by atoms with Crippen molar-refractivity contribution < 1.29 is 27.0 Å². The summed E-state index contributed by atoms with van der Waals surface area (Å²) in [5.41, 5.74) is -0.308. The molecular weight excluding hydrogens is 380 g/mol. The van der Waals surface area contributed by atoms with E-state index in [1.54, 1.807) is 18.2 Å². The predicted octanol–water partition coefficient (Wildman–Crippen LogP) is 0.962. The van der Waals surface area contributed by atoms with Gasteiger partial charge in [-0.3, -0.25) is 10.1 Å². The molecular formula is C17H18F2N3O4S+. The van der Waals surface area contributed by atoms with Crippen LogP contribution in [0.3, 0.4) is 0 Å². The van der Waals surface area contributed by atoms with Crippen LogP contribution >= 0.6 is 0 Å². The van der Waals surface area contributed by atoms with Gasteiger partial charge in [-0.25, -0.2) is 12.8 Å². The third kappa shape index (κ3) is 4.12. The second-order valence-electron chi connectivity index (χ2n) is 6.29. The molecule has 1 aliphatic rings. The molecule has 0 unspecified atom stereocenters. The number of hydrogen-bond donors (Lipinski definition) is 1. The van der Waals surface area contributed by atoms with Crippen molar-refractivity contribution >= 4 is 15.7 Å². The number of benzene rings is 2. The van der Waals surface area contributed by atoms with Gasteiger partial charge in [-0.05, 0) is 18.2 Å². The topological polar surface area (TPSA) is 85.0 Å². The van der Waals surface area contributed by atoms with Gasteiger partial charge < -0.3 is 4.90 Å². The van der Waals surface area contributed by atoms with Crippen LogP contribution in [0.5, 0.6) is 0 Å². The zero-order valence-electron chi connectivity index (χ0n) is 14.3. The van der Waals surface area contributed by atoms with E-state index in [0.29, 0.717) is 25.2 Å². The average molecular weight is 398 g/mol. The lowest BCUT2D eigenvalue weighted by molar-refractivity contribution is -0.917. The Morgan fingerprint density at radius 2 is 1.74 bits per heavy atom. The van der Waals surface area contributed by atoms with Crippen LogP contribution in [-0.4, -0.2) is 43.8 Å². The Bertz CT molecular complexity index is 960. The van der Waals surface area contributed by atoms with Crippen molar-refractivity contribution in [3.63, 3.8) is 0 Å². The largest absolute Gasteiger partial charge is 0.329 e. The van der Waals surface area contributed by atoms with Gasteiger partial charge >= 0.3 is 5.69 Å². The van der Waals surface area contributed by atoms with Crippen molar-refractivity contribution in [3.05, 3.63) is 69.8 Å². The molecule has 7 nitrogen and oxygen atoms in total. The lowest BCUT2D eigenvalue weighted by Crippen LogP contribution is -3.13. The van der Waals surface area contributed by atoms with Crippen molar-refractivity contribution in [1.29, 1.82) is 0 Å². The van der Waals surface area contributed by atoms with Crippen molar-refractivity contribution in [1.82, 2.24) is 4.31 Å². The van der Waals surface area contributed by atoms with Gasteiger partial charge in [0.15, 0.2) is 0 Å². The van der Waals surface area contributed by atoms with Gasteiger partial charge in [0.25, 0.3) is 0 Å². The first-order valence-corrected chi connectivity index (χ1v) is 9.74. The Kier molecular flexibility index (Phi) is 5.49. The summed E-state index contributed by atoms with van der Waals surface area (Å²) in [5.74, 6) is -1.38. The van der Waals surface area contributed by atoms with Crippen LogP contribution in [0.4, 0.5) is 14.5 Å². The second kappa shape index (κ2) is 7.67. The summed E-state index contributed by atoms with van der Waals surface area (Å²) < 4.78 is 53.8. The van der Waals surface area contributed by atoms with Crippen molar-refractivity contribution in [2.75, 3.05) is 26.2 Å². The molecule has 1 aliphatic heterocycles. The molecule has 1 heterocycles. The molecule has 0 saturated carbocycles. The number of quaternary nitrogens is 1. The second-order valence-corrected chi connectivity index (χ2v) is 8.23. The van der Waals surface area contributed by atoms with E-state index in [1.165, 1.54) is 10.4 Å². The average Bonchev–Trinajstić information content (AvgIpc) is 2.64. The number of rotatable bonds is 5. The number of nitrogens with one attached hydrogen (secondary N) is 1. The molecule has 0 aliphatic carbocycles. The van der Waals surface area contributed by atoms with E-state index in [4.69, 9.17) is 0 Å². The zero-order chi connectivity index (χ0) is 19.6. The molecule has 0 radical (unpaired) electrons. The lowest BCUT2D eigenvalue weighted by Gasteiger charge is -2.31. The summed E-state index contributed by atoms with van der Waals surface area (Å²) in [7, 11) is -3.96. The van der Waals surface area contributed by atoms with Gasteiger partial charge in [0.1, 0.15) is 12.4 Å². The molecule has 0 amide bonds. The lowest BCUT2D eigenvalue weighted by atomic mass is 10.2. The van der Waals surface area contributed by atoms with Crippen LogP contribution in [-0.2, 0) is 16.6 Å². The first-order chi connectivity index (χ1) is 12.8. The Morgan fingerprint density at radius 1 is 1.07 bits per heavy atom. The standard InChI is InChI=1S/C17H17F2N3O4S/c18-15-4-2-1-3-13(15)12-20-7-9-21(10-8-20)27(25,26)14-5-6-16(19)17(11-14)22(23)24/h1-6,11H,7-10,12H2/p+1. The molecule has 3 rings (SSSR count). The molecule has 1 fully saturated rings. The van der Waals surface area contributed by atoms with E-state index < -0.39 is 26.5 Å². The smallest absolute Gasteiger partial charge is 0.306 e. The van der Waals surface area contributed by atoms with Crippen LogP contribution < -0.4 is 4.90 Å². The van der Waals surface area contributed by atoms with E-state index in [9.17, 15) is 27.3 Å². The number of piperazine rings is 1. The molecule has 1 saturated heterocycles. The Morgan fingerprint density at radius 3 is 2.37 bits per heavy atom. The fourth-order valence-corrected chi connectivity index (χ4v) is 4.53. The number of hydrogen-bond acceptors (Lipinski definition) is 4. The van der Waals surface area contributed by atoms with Crippen molar-refractivity contribution in [3.8, 4) is 0 Å². The van der Waals surface area contributed by atoms with Crippen molar-refractivity contribution in [2.24, 2.45) is 0 Å². The van der Waals surface area contributed by atoms with Crippen LogP contribution in [0.15, 0.2) is 47.4 Å². The minimum atomic E-state index is -3.96. The summed E-state index contributed by atoms with van der Waals surface area (Å²) in [6, 6.07) is 8.99. The summed E-state index contributed by atoms with van der Waals surface area (Å²) in [6.45, 7) is 1.77. The molecule has 1 N–H and O–H groups in total. The Balaban J connectivity index is 1.71. The Labute approximate surface area is 155 Å². The highest BCUT2D eigenvalue weighted by Gasteiger charge is 2.32. The van der Waals surface area contributed by atoms with Gasteiger partial charge in [-0.1, -0.05) is 18.2 Å². The van der Waals surface area contributed by atoms with Gasteiger partial charge in [-0.2, -0.15) is 8.70 Å². The van der Waals surface area contributed by atoms with Crippen molar-refractivity contribution in [2.45, 2.75) is 11.4 Å². The quantitative estimate of drug-likeness (QED) is 0.601. The molecule has 2 aromatic rings. The van der Waals surface area contributed by atoms with E-state index in [-0.39, 0.29) is 23.8 Å². The molecule has 27 heavy (non-hydrogen) atoms. The highest BCUT2D eigenvalue weighted by atomic mass is 32.2. The molecule has 10 heteroatoms. The molecule has 0 atom stereocenters. The van der Waals surface area contributed by atoms with Gasteiger partial charge in [-0.15, -0.1) is 0 Å². The third-order valence-electron chi connectivity index (χ3n) is 4.58. The van der Waals surface area contributed by atoms with Gasteiger partial charge in [0.2, 0.25) is 15.8 Å². The summed E-state index contributed by atoms with van der Waals surface area (Å²) in [5, 5.41) is 10.8. The molecule has 144 valence electrons. The summed E-state index contributed by atoms with van der Waals surface area (Å²) >= 11 is 0. The zero-order valence-corrected chi connectivity index (χ0v) is 15.1. The Hall–Kier alpha value is -2.43. The van der Waals surface area contributed by atoms with E-state index >= 15 is 0 Å². The monoisotopic (exact) mass is 398 g/mol. The highest BCUT2D eigenvalue weighted by Crippen LogP contribution is 2.24. The summed E-state index contributed by atoms with van der Waals surface area (Å²) in [6.07, 6.45) is 0. The normalized spacial score (nSPS) is 16.4. The maximum atomic E-state index is 13.8. The SMILES string of the molecule is O=[N+]([O-])c1cc(S(=O)(=O)N2CC[NH+](Cc3ccccc3F)CC2)ccc1F. The number of nitro groups is 1. The van der Waals surface area contributed by atoms with Crippen LogP contribution in [0, 0.1) is 21.7 Å². The van der Waals surface area contributed by atoms with E-state index in [0.717, 1.165) is 23.1 Å². The molecule has 2 aromatic carbocycles. The predicted molar refractivity (Wildman–Crippen MR) is 92.6 cm³/mol. The highest BCUT2D eigenvalue weighted by molar-refractivity contribution is 7.89. The molecule has 0 spiro atoms. The summed E-state index contributed by atoms with van der Waals surface area (Å²) in [4.78, 5) is 10.6. The number of nitrogens with zero attached hydrogens (tertiary/aromatic N) is 2. The number of sulfonamides is 1. The minimum absolute atomic E-state index is 0.192. The fourth-order valence-electron chi connectivity index (χ4n) is 3.07. The number of nitro benzene ring substituents is 1. The maximum Gasteiger partial charge on any atom is 0.306 e. The first kappa shape index (κ1) is 19.3. The van der Waals surface area contributed by atoms with Gasteiger partial charge in [0.05, 0.1) is 36.0 Å². The van der Waals surface area contributed by atoms with E-state index in [1.807, 2.05) is 0 Å². The third-order valence-corrected chi connectivity index (χ3v) is 6.47.